The lowest BCUT2D eigenvalue weighted by Crippen LogP contribution is -2.29. The molecule has 0 aliphatic rings. The zero-order valence-electron chi connectivity index (χ0n) is 16.1. The highest BCUT2D eigenvalue weighted by molar-refractivity contribution is 5.76. The smallest absolute Gasteiger partial charge is 0.223 e. The lowest BCUT2D eigenvalue weighted by Gasteiger charge is -2.23. The van der Waals surface area contributed by atoms with Crippen LogP contribution in [0.3, 0.4) is 0 Å². The van der Waals surface area contributed by atoms with Gasteiger partial charge < -0.3 is 14.4 Å². The van der Waals surface area contributed by atoms with Gasteiger partial charge in [0.15, 0.2) is 0 Å². The first kappa shape index (κ1) is 20.6. The Labute approximate surface area is 161 Å². The summed E-state index contributed by atoms with van der Waals surface area (Å²) < 4.78 is 11.0. The Morgan fingerprint density at radius 3 is 2.67 bits per heavy atom. The van der Waals surface area contributed by atoms with Crippen LogP contribution in [0.15, 0.2) is 61.4 Å². The molecule has 0 saturated heterocycles. The Morgan fingerprint density at radius 1 is 1.22 bits per heavy atom. The van der Waals surface area contributed by atoms with Crippen molar-refractivity contribution in [2.24, 2.45) is 0 Å². The Kier molecular flexibility index (Phi) is 8.52. The third kappa shape index (κ3) is 7.23. The van der Waals surface area contributed by atoms with E-state index in [1.807, 2.05) is 48.2 Å². The van der Waals surface area contributed by atoms with Crippen molar-refractivity contribution < 1.29 is 14.3 Å². The summed E-state index contributed by atoms with van der Waals surface area (Å²) in [5.41, 5.74) is 2.08. The Hall–Kier alpha value is -2.66. The Balaban J connectivity index is 2.11. The molecular formula is C22H28N2O3. The molecule has 0 saturated carbocycles. The molecule has 27 heavy (non-hydrogen) atoms. The Bertz CT molecular complexity index is 719. The predicted molar refractivity (Wildman–Crippen MR) is 106 cm³/mol. The highest BCUT2D eigenvalue weighted by Crippen LogP contribution is 2.18. The first-order valence-electron chi connectivity index (χ1n) is 9.14. The number of hydrogen-bond donors (Lipinski definition) is 0. The van der Waals surface area contributed by atoms with Gasteiger partial charge in [-0.1, -0.05) is 18.2 Å². The van der Waals surface area contributed by atoms with Crippen molar-refractivity contribution in [1.82, 2.24) is 9.88 Å². The summed E-state index contributed by atoms with van der Waals surface area (Å²) >= 11 is 0. The average Bonchev–Trinajstić information content (AvgIpc) is 2.67. The van der Waals surface area contributed by atoms with Gasteiger partial charge >= 0.3 is 0 Å². The molecule has 5 nitrogen and oxygen atoms in total. The molecule has 2 rings (SSSR count). The molecule has 0 aliphatic heterocycles. The summed E-state index contributed by atoms with van der Waals surface area (Å²) in [7, 11) is 1.65. The second-order valence-electron chi connectivity index (χ2n) is 6.46. The molecule has 2 aromatic rings. The molecule has 0 spiro atoms. The van der Waals surface area contributed by atoms with E-state index in [1.54, 1.807) is 25.6 Å². The summed E-state index contributed by atoms with van der Waals surface area (Å²) in [6.45, 7) is 7.26. The van der Waals surface area contributed by atoms with Gasteiger partial charge in [-0.15, -0.1) is 6.58 Å². The van der Waals surface area contributed by atoms with Gasteiger partial charge in [0.05, 0.1) is 6.61 Å². The molecule has 0 unspecified atom stereocenters. The number of carbonyl (C=O) groups is 1. The fourth-order valence-corrected chi connectivity index (χ4v) is 2.76. The van der Waals surface area contributed by atoms with Crippen LogP contribution < -0.4 is 4.74 Å². The third-order valence-corrected chi connectivity index (χ3v) is 4.05. The van der Waals surface area contributed by atoms with E-state index < -0.39 is 0 Å². The number of benzene rings is 1. The topological polar surface area (TPSA) is 51.7 Å². The maximum absolute atomic E-state index is 12.7. The number of allylic oxidation sites excluding steroid dienone is 1. The maximum atomic E-state index is 12.7. The van der Waals surface area contributed by atoms with Crippen LogP contribution in [0.1, 0.15) is 30.9 Å². The van der Waals surface area contributed by atoms with Crippen LogP contribution >= 0.6 is 0 Å². The van der Waals surface area contributed by atoms with Crippen LogP contribution in [0.4, 0.5) is 0 Å². The van der Waals surface area contributed by atoms with Gasteiger partial charge in [-0.25, -0.2) is 0 Å². The van der Waals surface area contributed by atoms with E-state index in [9.17, 15) is 4.79 Å². The van der Waals surface area contributed by atoms with E-state index in [0.717, 1.165) is 16.9 Å². The number of pyridine rings is 1. The lowest BCUT2D eigenvalue weighted by molar-refractivity contribution is -0.132. The van der Waals surface area contributed by atoms with Crippen LogP contribution in [0.2, 0.25) is 0 Å². The molecular weight excluding hydrogens is 340 g/mol. The molecule has 0 radical (unpaired) electrons. The van der Waals surface area contributed by atoms with E-state index in [1.165, 1.54) is 0 Å². The summed E-state index contributed by atoms with van der Waals surface area (Å²) in [6, 6.07) is 11.7. The normalized spacial score (nSPS) is 11.6. The van der Waals surface area contributed by atoms with Crippen LogP contribution in [-0.2, 0) is 22.6 Å². The minimum absolute atomic E-state index is 0.0348. The highest BCUT2D eigenvalue weighted by atomic mass is 16.5. The summed E-state index contributed by atoms with van der Waals surface area (Å²) in [6.07, 6.45) is 6.35. The van der Waals surface area contributed by atoms with Crippen LogP contribution in [0, 0.1) is 0 Å². The molecule has 5 heteroatoms. The van der Waals surface area contributed by atoms with Gasteiger partial charge in [-0.2, -0.15) is 0 Å². The standard InChI is InChI=1S/C22H28N2O3/c1-4-5-9-22(25)24(15-19-10-12-23-13-11-19)16-20-7-6-8-21(14-20)27-18(2)17-26-3/h4,6-8,10-14,18H,1,5,9,15-17H2,2-3H3/t18-/m0/s1. The molecule has 1 aromatic heterocycles. The fourth-order valence-electron chi connectivity index (χ4n) is 2.76. The van der Waals surface area contributed by atoms with Crippen molar-refractivity contribution in [1.29, 1.82) is 0 Å². The van der Waals surface area contributed by atoms with Crippen molar-refractivity contribution in [3.8, 4) is 5.75 Å². The van der Waals surface area contributed by atoms with Crippen LogP contribution in [0.25, 0.3) is 0 Å². The van der Waals surface area contributed by atoms with Crippen molar-refractivity contribution >= 4 is 5.91 Å². The molecule has 144 valence electrons. The van der Waals surface area contributed by atoms with Crippen molar-refractivity contribution in [2.75, 3.05) is 13.7 Å². The SMILES string of the molecule is C=CCCC(=O)N(Cc1ccncc1)Cc1cccc(O[C@@H](C)COC)c1. The summed E-state index contributed by atoms with van der Waals surface area (Å²) in [5.74, 6) is 0.880. The van der Waals surface area contributed by atoms with E-state index in [2.05, 4.69) is 11.6 Å². The number of amides is 1. The van der Waals surface area contributed by atoms with Gasteiger partial charge in [0.25, 0.3) is 0 Å². The van der Waals surface area contributed by atoms with E-state index in [4.69, 9.17) is 9.47 Å². The quantitative estimate of drug-likeness (QED) is 0.563. The van der Waals surface area contributed by atoms with Crippen molar-refractivity contribution in [3.63, 3.8) is 0 Å². The van der Waals surface area contributed by atoms with Crippen molar-refractivity contribution in [3.05, 3.63) is 72.6 Å². The van der Waals surface area contributed by atoms with E-state index in [-0.39, 0.29) is 12.0 Å². The lowest BCUT2D eigenvalue weighted by atomic mass is 10.1. The Morgan fingerprint density at radius 2 is 1.96 bits per heavy atom. The fraction of sp³-hybridized carbons (Fsp3) is 0.364. The number of ether oxygens (including phenoxy) is 2. The zero-order chi connectivity index (χ0) is 19.5. The largest absolute Gasteiger partial charge is 0.488 e. The number of rotatable bonds is 11. The molecule has 0 aliphatic carbocycles. The van der Waals surface area contributed by atoms with Crippen molar-refractivity contribution in [2.45, 2.75) is 39.0 Å². The van der Waals surface area contributed by atoms with Gasteiger partial charge in [-0.05, 0) is 48.7 Å². The first-order valence-corrected chi connectivity index (χ1v) is 9.14. The minimum atomic E-state index is -0.0348. The number of methoxy groups -OCH3 is 1. The average molecular weight is 368 g/mol. The molecule has 1 heterocycles. The second kappa shape index (κ2) is 11.1. The van der Waals surface area contributed by atoms with Gasteiger partial charge in [-0.3, -0.25) is 9.78 Å². The molecule has 0 fully saturated rings. The van der Waals surface area contributed by atoms with Crippen LogP contribution in [-0.4, -0.2) is 35.6 Å². The number of carbonyl (C=O) groups excluding carboxylic acids is 1. The summed E-state index contributed by atoms with van der Waals surface area (Å²) in [5, 5.41) is 0. The number of aromatic nitrogens is 1. The monoisotopic (exact) mass is 368 g/mol. The molecule has 0 N–H and O–H groups in total. The van der Waals surface area contributed by atoms with Crippen LogP contribution in [0.5, 0.6) is 5.75 Å². The first-order chi connectivity index (χ1) is 13.1. The highest BCUT2D eigenvalue weighted by Gasteiger charge is 2.15. The number of nitrogens with zero attached hydrogens (tertiary/aromatic N) is 2. The number of hydrogen-bond acceptors (Lipinski definition) is 4. The molecule has 1 aromatic carbocycles. The second-order valence-corrected chi connectivity index (χ2v) is 6.46. The van der Waals surface area contributed by atoms with E-state index >= 15 is 0 Å². The maximum Gasteiger partial charge on any atom is 0.223 e. The zero-order valence-corrected chi connectivity index (χ0v) is 16.1. The van der Waals surface area contributed by atoms with Gasteiger partial charge in [0, 0.05) is 39.0 Å². The van der Waals surface area contributed by atoms with E-state index in [0.29, 0.717) is 32.5 Å². The summed E-state index contributed by atoms with van der Waals surface area (Å²) in [4.78, 5) is 18.6. The predicted octanol–water partition coefficient (Wildman–Crippen LogP) is 3.99. The molecule has 0 bridgehead atoms. The molecule has 1 atom stereocenters. The minimum Gasteiger partial charge on any atom is -0.488 e. The van der Waals surface area contributed by atoms with Gasteiger partial charge in [0.1, 0.15) is 11.9 Å². The molecule has 1 amide bonds. The third-order valence-electron chi connectivity index (χ3n) is 4.05. The van der Waals surface area contributed by atoms with Gasteiger partial charge in [0.2, 0.25) is 5.91 Å².